The molecule has 2 rings (SSSR count). The number of nitriles is 1. The SMILES string of the molecule is Cc1cccc(-c2cc(O)cc(C#N)c2)c1C. The highest BCUT2D eigenvalue weighted by Gasteiger charge is 2.06. The summed E-state index contributed by atoms with van der Waals surface area (Å²) in [6.07, 6.45) is 0. The largest absolute Gasteiger partial charge is 0.508 e. The van der Waals surface area contributed by atoms with Gasteiger partial charge in [-0.15, -0.1) is 0 Å². The first-order valence-electron chi connectivity index (χ1n) is 5.42. The Bertz CT molecular complexity index is 609. The van der Waals surface area contributed by atoms with E-state index in [0.717, 1.165) is 11.1 Å². The van der Waals surface area contributed by atoms with Crippen molar-refractivity contribution in [3.05, 3.63) is 53.1 Å². The van der Waals surface area contributed by atoms with E-state index < -0.39 is 0 Å². The first-order valence-corrected chi connectivity index (χ1v) is 5.42. The summed E-state index contributed by atoms with van der Waals surface area (Å²) in [5, 5.41) is 18.5. The minimum absolute atomic E-state index is 0.125. The Balaban J connectivity index is 2.65. The van der Waals surface area contributed by atoms with E-state index in [9.17, 15) is 5.11 Å². The highest BCUT2D eigenvalue weighted by Crippen LogP contribution is 2.29. The van der Waals surface area contributed by atoms with Gasteiger partial charge in [0.25, 0.3) is 0 Å². The number of aryl methyl sites for hydroxylation is 1. The van der Waals surface area contributed by atoms with Gasteiger partial charge < -0.3 is 5.11 Å². The van der Waals surface area contributed by atoms with Crippen molar-refractivity contribution in [3.63, 3.8) is 0 Å². The molecule has 0 aromatic heterocycles. The summed E-state index contributed by atoms with van der Waals surface area (Å²) in [6.45, 7) is 4.09. The zero-order chi connectivity index (χ0) is 12.4. The molecule has 2 aromatic carbocycles. The van der Waals surface area contributed by atoms with Crippen LogP contribution in [-0.2, 0) is 0 Å². The lowest BCUT2D eigenvalue weighted by Gasteiger charge is -2.09. The first-order chi connectivity index (χ1) is 8.11. The molecule has 0 atom stereocenters. The van der Waals surface area contributed by atoms with E-state index in [0.29, 0.717) is 5.56 Å². The van der Waals surface area contributed by atoms with Gasteiger partial charge in [0.05, 0.1) is 11.6 Å². The predicted molar refractivity (Wildman–Crippen MR) is 67.7 cm³/mol. The zero-order valence-electron chi connectivity index (χ0n) is 9.86. The van der Waals surface area contributed by atoms with Crippen molar-refractivity contribution < 1.29 is 5.11 Å². The second kappa shape index (κ2) is 4.31. The van der Waals surface area contributed by atoms with E-state index in [-0.39, 0.29) is 5.75 Å². The van der Waals surface area contributed by atoms with Crippen molar-refractivity contribution in [3.8, 4) is 22.9 Å². The van der Waals surface area contributed by atoms with Gasteiger partial charge in [-0.25, -0.2) is 0 Å². The molecule has 84 valence electrons. The van der Waals surface area contributed by atoms with Gasteiger partial charge in [-0.3, -0.25) is 0 Å². The topological polar surface area (TPSA) is 44.0 Å². The average molecular weight is 223 g/mol. The maximum absolute atomic E-state index is 9.60. The summed E-state index contributed by atoms with van der Waals surface area (Å²) in [4.78, 5) is 0. The Hall–Kier alpha value is -2.27. The number of nitrogens with zero attached hydrogens (tertiary/aromatic N) is 1. The zero-order valence-corrected chi connectivity index (χ0v) is 9.86. The van der Waals surface area contributed by atoms with Gasteiger partial charge in [0.1, 0.15) is 5.75 Å². The summed E-state index contributed by atoms with van der Waals surface area (Å²) in [6, 6.07) is 13.0. The van der Waals surface area contributed by atoms with Crippen LogP contribution in [0.4, 0.5) is 0 Å². The van der Waals surface area contributed by atoms with E-state index in [2.05, 4.69) is 6.07 Å². The lowest BCUT2D eigenvalue weighted by molar-refractivity contribution is 0.475. The van der Waals surface area contributed by atoms with Gasteiger partial charge >= 0.3 is 0 Å². The Labute approximate surface area is 101 Å². The maximum atomic E-state index is 9.60. The molecule has 17 heavy (non-hydrogen) atoms. The second-order valence-corrected chi connectivity index (χ2v) is 4.13. The molecule has 0 saturated heterocycles. The van der Waals surface area contributed by atoms with Crippen molar-refractivity contribution in [2.24, 2.45) is 0 Å². The second-order valence-electron chi connectivity index (χ2n) is 4.13. The number of hydrogen-bond acceptors (Lipinski definition) is 2. The standard InChI is InChI=1S/C15H13NO/c1-10-4-3-5-15(11(10)2)13-6-12(9-16)7-14(17)8-13/h3-8,17H,1-2H3. The van der Waals surface area contributed by atoms with E-state index in [1.165, 1.54) is 17.2 Å². The van der Waals surface area contributed by atoms with Crippen molar-refractivity contribution in [1.29, 1.82) is 5.26 Å². The van der Waals surface area contributed by atoms with E-state index in [4.69, 9.17) is 5.26 Å². The van der Waals surface area contributed by atoms with Crippen molar-refractivity contribution >= 4 is 0 Å². The number of hydrogen-bond donors (Lipinski definition) is 1. The molecule has 0 spiro atoms. The highest BCUT2D eigenvalue weighted by molar-refractivity contribution is 5.71. The normalized spacial score (nSPS) is 9.94. The molecule has 1 N–H and O–H groups in total. The molecule has 2 aromatic rings. The molecular formula is C15H13NO. The van der Waals surface area contributed by atoms with Crippen molar-refractivity contribution in [2.45, 2.75) is 13.8 Å². The molecule has 0 unspecified atom stereocenters. The van der Waals surface area contributed by atoms with Crippen LogP contribution in [0.2, 0.25) is 0 Å². The number of rotatable bonds is 1. The lowest BCUT2D eigenvalue weighted by Crippen LogP contribution is -1.88. The van der Waals surface area contributed by atoms with Crippen LogP contribution in [0.3, 0.4) is 0 Å². The summed E-state index contributed by atoms with van der Waals surface area (Å²) >= 11 is 0. The van der Waals surface area contributed by atoms with Crippen molar-refractivity contribution in [1.82, 2.24) is 0 Å². The Morgan fingerprint density at radius 3 is 2.59 bits per heavy atom. The van der Waals surface area contributed by atoms with Gasteiger partial charge in [0, 0.05) is 0 Å². The minimum atomic E-state index is 0.125. The van der Waals surface area contributed by atoms with E-state index >= 15 is 0 Å². The van der Waals surface area contributed by atoms with Crippen LogP contribution in [0.1, 0.15) is 16.7 Å². The quantitative estimate of drug-likeness (QED) is 0.803. The fourth-order valence-corrected chi connectivity index (χ4v) is 1.90. The fourth-order valence-electron chi connectivity index (χ4n) is 1.90. The summed E-state index contributed by atoms with van der Waals surface area (Å²) in [5.74, 6) is 0.125. The molecule has 0 radical (unpaired) electrons. The molecule has 0 heterocycles. The maximum Gasteiger partial charge on any atom is 0.117 e. The number of benzene rings is 2. The summed E-state index contributed by atoms with van der Waals surface area (Å²) in [7, 11) is 0. The van der Waals surface area contributed by atoms with Crippen molar-refractivity contribution in [2.75, 3.05) is 0 Å². The molecule has 0 aliphatic rings. The molecule has 0 bridgehead atoms. The van der Waals surface area contributed by atoms with Gasteiger partial charge in [-0.1, -0.05) is 18.2 Å². The van der Waals surface area contributed by atoms with Crippen LogP contribution in [0.25, 0.3) is 11.1 Å². The lowest BCUT2D eigenvalue weighted by atomic mass is 9.96. The van der Waals surface area contributed by atoms with Crippen LogP contribution in [0.15, 0.2) is 36.4 Å². The molecule has 0 amide bonds. The Morgan fingerprint density at radius 1 is 1.12 bits per heavy atom. The van der Waals surface area contributed by atoms with Gasteiger partial charge in [-0.05, 0) is 54.3 Å². The molecule has 0 saturated carbocycles. The third-order valence-corrected chi connectivity index (χ3v) is 2.96. The molecular weight excluding hydrogens is 210 g/mol. The fraction of sp³-hybridized carbons (Fsp3) is 0.133. The molecule has 0 fully saturated rings. The molecule has 2 nitrogen and oxygen atoms in total. The highest BCUT2D eigenvalue weighted by atomic mass is 16.3. The van der Waals surface area contributed by atoms with Gasteiger partial charge in [-0.2, -0.15) is 5.26 Å². The van der Waals surface area contributed by atoms with Crippen LogP contribution < -0.4 is 0 Å². The third-order valence-electron chi connectivity index (χ3n) is 2.96. The summed E-state index contributed by atoms with van der Waals surface area (Å²) < 4.78 is 0. The predicted octanol–water partition coefficient (Wildman–Crippen LogP) is 3.55. The minimum Gasteiger partial charge on any atom is -0.508 e. The smallest absolute Gasteiger partial charge is 0.117 e. The van der Waals surface area contributed by atoms with Crippen LogP contribution in [-0.4, -0.2) is 5.11 Å². The number of phenolic OH excluding ortho intramolecular Hbond substituents is 1. The van der Waals surface area contributed by atoms with Crippen LogP contribution in [0, 0.1) is 25.2 Å². The van der Waals surface area contributed by atoms with E-state index in [1.54, 1.807) is 12.1 Å². The Morgan fingerprint density at radius 2 is 1.88 bits per heavy atom. The average Bonchev–Trinajstić information content (AvgIpc) is 2.31. The molecule has 2 heteroatoms. The van der Waals surface area contributed by atoms with Crippen LogP contribution >= 0.6 is 0 Å². The number of aromatic hydroxyl groups is 1. The molecule has 0 aliphatic carbocycles. The van der Waals surface area contributed by atoms with Gasteiger partial charge in [0.15, 0.2) is 0 Å². The van der Waals surface area contributed by atoms with Crippen LogP contribution in [0.5, 0.6) is 5.75 Å². The number of phenols is 1. The summed E-state index contributed by atoms with van der Waals surface area (Å²) in [5.41, 5.74) is 4.77. The van der Waals surface area contributed by atoms with E-state index in [1.807, 2.05) is 32.0 Å². The Kier molecular flexibility index (Phi) is 2.84. The first kappa shape index (κ1) is 11.2. The monoisotopic (exact) mass is 223 g/mol. The van der Waals surface area contributed by atoms with Gasteiger partial charge in [0.2, 0.25) is 0 Å². The molecule has 0 aliphatic heterocycles. The third kappa shape index (κ3) is 2.14.